The maximum atomic E-state index is 12.9. The fourth-order valence-electron chi connectivity index (χ4n) is 5.23. The second-order valence-electron chi connectivity index (χ2n) is 10.5. The van der Waals surface area contributed by atoms with E-state index in [1.54, 1.807) is 6.08 Å². The van der Waals surface area contributed by atoms with Gasteiger partial charge in [-0.1, -0.05) is 19.1 Å². The molecule has 1 aliphatic carbocycles. The number of carbonyl (C=O) groups excluding carboxylic acids is 1. The van der Waals surface area contributed by atoms with Crippen LogP contribution in [0.3, 0.4) is 0 Å². The number of aromatic nitrogens is 3. The highest BCUT2D eigenvalue weighted by molar-refractivity contribution is 5.99. The monoisotopic (exact) mass is 542 g/mol. The lowest BCUT2D eigenvalue weighted by Gasteiger charge is -2.34. The standard InChI is InChI=1S/C30H38N8O2/c1-4-15-31-28(39)24-20-32-29(33-22-9-11-23(12-10-22)38-18-16-37(3)17-19-38)36-27(24)35-25-13-8-21-7-6-14-30(40,5-2)26(21)34-25/h4,8-13,20,40H,1,5-7,14-19H2,2-3H3,(H,31,39)(H2,32,33,34,35,36)/t30-/m0/s1. The Hall–Kier alpha value is -4.02. The molecule has 1 fully saturated rings. The van der Waals surface area contributed by atoms with E-state index >= 15 is 0 Å². The van der Waals surface area contributed by atoms with Crippen molar-refractivity contribution in [2.45, 2.75) is 38.2 Å². The second-order valence-corrected chi connectivity index (χ2v) is 10.5. The number of pyridine rings is 1. The average Bonchev–Trinajstić information content (AvgIpc) is 2.97. The van der Waals surface area contributed by atoms with E-state index in [9.17, 15) is 9.90 Å². The van der Waals surface area contributed by atoms with E-state index in [4.69, 9.17) is 4.98 Å². The van der Waals surface area contributed by atoms with Crippen LogP contribution in [0.15, 0.2) is 55.3 Å². The van der Waals surface area contributed by atoms with Gasteiger partial charge in [0.1, 0.15) is 22.8 Å². The molecule has 1 amide bonds. The van der Waals surface area contributed by atoms with Gasteiger partial charge in [0.2, 0.25) is 5.95 Å². The van der Waals surface area contributed by atoms with Crippen LogP contribution in [0.1, 0.15) is 47.8 Å². The molecule has 10 nitrogen and oxygen atoms in total. The topological polar surface area (TPSA) is 119 Å². The summed E-state index contributed by atoms with van der Waals surface area (Å²) in [7, 11) is 2.15. The molecule has 1 aliphatic heterocycles. The number of amides is 1. The van der Waals surface area contributed by atoms with Crippen molar-refractivity contribution < 1.29 is 9.90 Å². The van der Waals surface area contributed by atoms with Crippen molar-refractivity contribution in [3.63, 3.8) is 0 Å². The number of nitrogens with zero attached hydrogens (tertiary/aromatic N) is 5. The number of nitrogens with one attached hydrogen (secondary N) is 3. The molecular weight excluding hydrogens is 504 g/mol. The Morgan fingerprint density at radius 3 is 2.60 bits per heavy atom. The molecule has 0 bridgehead atoms. The molecule has 2 aromatic heterocycles. The zero-order chi connectivity index (χ0) is 28.1. The van der Waals surface area contributed by atoms with Gasteiger partial charge in [0.15, 0.2) is 0 Å². The predicted octanol–water partition coefficient (Wildman–Crippen LogP) is 3.96. The highest BCUT2D eigenvalue weighted by atomic mass is 16.3. The molecule has 1 aromatic carbocycles. The SMILES string of the molecule is C=CCNC(=O)c1cnc(Nc2ccc(N3CCN(C)CC3)cc2)nc1Nc1ccc2c(n1)[C@](O)(CC)CCC2. The van der Waals surface area contributed by atoms with E-state index in [0.29, 0.717) is 42.7 Å². The van der Waals surface area contributed by atoms with E-state index in [1.807, 2.05) is 31.2 Å². The average molecular weight is 543 g/mol. The summed E-state index contributed by atoms with van der Waals surface area (Å²) in [5.74, 6) is 0.842. The fourth-order valence-corrected chi connectivity index (χ4v) is 5.23. The number of carbonyl (C=O) groups is 1. The van der Waals surface area contributed by atoms with E-state index in [1.165, 1.54) is 11.9 Å². The molecule has 2 aliphatic rings. The van der Waals surface area contributed by atoms with Gasteiger partial charge in [-0.3, -0.25) is 4.79 Å². The van der Waals surface area contributed by atoms with Crippen LogP contribution in [-0.4, -0.2) is 70.6 Å². The Kier molecular flexibility index (Phi) is 8.27. The molecule has 0 saturated carbocycles. The summed E-state index contributed by atoms with van der Waals surface area (Å²) in [6.45, 7) is 10.1. The van der Waals surface area contributed by atoms with E-state index in [0.717, 1.165) is 50.3 Å². The zero-order valence-electron chi connectivity index (χ0n) is 23.3. The number of rotatable bonds is 9. The maximum absolute atomic E-state index is 12.9. The molecule has 0 unspecified atom stereocenters. The number of hydrogen-bond acceptors (Lipinski definition) is 9. The molecule has 1 atom stereocenters. The molecule has 1 saturated heterocycles. The van der Waals surface area contributed by atoms with Gasteiger partial charge in [0.25, 0.3) is 5.91 Å². The molecule has 5 rings (SSSR count). The van der Waals surface area contributed by atoms with Gasteiger partial charge in [0.05, 0.1) is 5.69 Å². The smallest absolute Gasteiger partial charge is 0.256 e. The molecule has 3 aromatic rings. The molecular formula is C30H38N8O2. The first-order chi connectivity index (χ1) is 19.4. The predicted molar refractivity (Wildman–Crippen MR) is 159 cm³/mol. The lowest BCUT2D eigenvalue weighted by molar-refractivity contribution is 0.0104. The van der Waals surface area contributed by atoms with E-state index in [-0.39, 0.29) is 11.5 Å². The van der Waals surface area contributed by atoms with Gasteiger partial charge in [0, 0.05) is 50.3 Å². The number of hydrogen-bond donors (Lipinski definition) is 4. The van der Waals surface area contributed by atoms with Crippen molar-refractivity contribution >= 4 is 34.9 Å². The summed E-state index contributed by atoms with van der Waals surface area (Å²) in [6.07, 6.45) is 6.18. The minimum absolute atomic E-state index is 0.281. The summed E-state index contributed by atoms with van der Waals surface area (Å²) in [4.78, 5) is 31.4. The van der Waals surface area contributed by atoms with Crippen LogP contribution in [0, 0.1) is 0 Å². The van der Waals surface area contributed by atoms with Crippen LogP contribution in [0.2, 0.25) is 0 Å². The normalized spacial score (nSPS) is 19.0. The van der Waals surface area contributed by atoms with Crippen LogP contribution in [0.5, 0.6) is 0 Å². The Balaban J connectivity index is 1.39. The van der Waals surface area contributed by atoms with Crippen LogP contribution in [0.4, 0.5) is 29.0 Å². The summed E-state index contributed by atoms with van der Waals surface area (Å²) in [5.41, 5.74) is 3.09. The summed E-state index contributed by atoms with van der Waals surface area (Å²) >= 11 is 0. The summed E-state index contributed by atoms with van der Waals surface area (Å²) < 4.78 is 0. The Morgan fingerprint density at radius 1 is 1.10 bits per heavy atom. The number of fused-ring (bicyclic) bond motifs is 1. The molecule has 40 heavy (non-hydrogen) atoms. The van der Waals surface area contributed by atoms with Crippen molar-refractivity contribution in [3.05, 3.63) is 72.1 Å². The highest BCUT2D eigenvalue weighted by Gasteiger charge is 2.34. The van der Waals surface area contributed by atoms with Crippen molar-refractivity contribution in [2.24, 2.45) is 0 Å². The Labute approximate surface area is 235 Å². The lowest BCUT2D eigenvalue weighted by Crippen LogP contribution is -2.44. The number of piperazine rings is 1. The first-order valence-corrected chi connectivity index (χ1v) is 13.9. The lowest BCUT2D eigenvalue weighted by atomic mass is 9.81. The summed E-state index contributed by atoms with van der Waals surface area (Å²) in [6, 6.07) is 12.0. The Bertz CT molecular complexity index is 1350. The van der Waals surface area contributed by atoms with E-state index < -0.39 is 5.60 Å². The molecule has 10 heteroatoms. The molecule has 4 N–H and O–H groups in total. The van der Waals surface area contributed by atoms with Gasteiger partial charge in [-0.15, -0.1) is 6.58 Å². The highest BCUT2D eigenvalue weighted by Crippen LogP contribution is 2.37. The van der Waals surface area contributed by atoms with Crippen LogP contribution < -0.4 is 20.9 Å². The molecule has 0 radical (unpaired) electrons. The fraction of sp³-hybridized carbons (Fsp3) is 0.400. The van der Waals surface area contributed by atoms with Gasteiger partial charge in [-0.2, -0.15) is 4.98 Å². The van der Waals surface area contributed by atoms with Gasteiger partial charge >= 0.3 is 0 Å². The first kappa shape index (κ1) is 27.5. The third-order valence-electron chi connectivity index (χ3n) is 7.72. The molecule has 210 valence electrons. The second kappa shape index (κ2) is 12.0. The zero-order valence-corrected chi connectivity index (χ0v) is 23.3. The molecule has 3 heterocycles. The number of anilines is 5. The van der Waals surface area contributed by atoms with Crippen molar-refractivity contribution in [1.82, 2.24) is 25.2 Å². The van der Waals surface area contributed by atoms with Crippen molar-refractivity contribution in [2.75, 3.05) is 55.3 Å². The maximum Gasteiger partial charge on any atom is 0.256 e. The number of benzene rings is 1. The minimum atomic E-state index is -0.954. The van der Waals surface area contributed by atoms with Crippen LogP contribution in [-0.2, 0) is 12.0 Å². The third-order valence-corrected chi connectivity index (χ3v) is 7.72. The van der Waals surface area contributed by atoms with E-state index in [2.05, 4.69) is 61.5 Å². The number of aryl methyl sites for hydroxylation is 1. The van der Waals surface area contributed by atoms with Gasteiger partial charge in [-0.25, -0.2) is 9.97 Å². The van der Waals surface area contributed by atoms with Crippen LogP contribution in [0.25, 0.3) is 0 Å². The third kappa shape index (κ3) is 6.08. The Morgan fingerprint density at radius 2 is 1.88 bits per heavy atom. The van der Waals surface area contributed by atoms with Crippen molar-refractivity contribution in [1.29, 1.82) is 0 Å². The number of likely N-dealkylation sites (N-methyl/N-ethyl adjacent to an activating group) is 1. The summed E-state index contributed by atoms with van der Waals surface area (Å²) in [5, 5.41) is 20.4. The first-order valence-electron chi connectivity index (χ1n) is 13.9. The van der Waals surface area contributed by atoms with Gasteiger partial charge < -0.3 is 30.9 Å². The van der Waals surface area contributed by atoms with Gasteiger partial charge in [-0.05, 0) is 68.6 Å². The largest absolute Gasteiger partial charge is 0.384 e. The number of aliphatic hydroxyl groups is 1. The van der Waals surface area contributed by atoms with Crippen LogP contribution >= 0.6 is 0 Å². The molecule has 0 spiro atoms. The van der Waals surface area contributed by atoms with Crippen molar-refractivity contribution in [3.8, 4) is 0 Å². The quantitative estimate of drug-likeness (QED) is 0.298. The minimum Gasteiger partial charge on any atom is -0.384 e.